The van der Waals surface area contributed by atoms with Gasteiger partial charge in [0.15, 0.2) is 0 Å². The van der Waals surface area contributed by atoms with Gasteiger partial charge in [0.25, 0.3) is 0 Å². The first kappa shape index (κ1) is 18.0. The van der Waals surface area contributed by atoms with Gasteiger partial charge in [-0.3, -0.25) is 9.59 Å². The first-order valence-corrected chi connectivity index (χ1v) is 7.71. The van der Waals surface area contributed by atoms with Gasteiger partial charge in [0.2, 0.25) is 11.8 Å². The predicted octanol–water partition coefficient (Wildman–Crippen LogP) is 2.95. The summed E-state index contributed by atoms with van der Waals surface area (Å²) in [7, 11) is 0. The van der Waals surface area contributed by atoms with Gasteiger partial charge in [-0.15, -0.1) is 0 Å². The number of anilines is 2. The minimum absolute atomic E-state index is 0.0381. The summed E-state index contributed by atoms with van der Waals surface area (Å²) in [6, 6.07) is 7.39. The van der Waals surface area contributed by atoms with Crippen molar-refractivity contribution in [1.29, 1.82) is 0 Å². The first-order valence-electron chi connectivity index (χ1n) is 7.71. The van der Waals surface area contributed by atoms with Crippen molar-refractivity contribution in [2.24, 2.45) is 5.41 Å². The molecule has 1 aromatic rings. The summed E-state index contributed by atoms with van der Waals surface area (Å²) >= 11 is 0. The summed E-state index contributed by atoms with van der Waals surface area (Å²) in [6.07, 6.45) is 0. The maximum absolute atomic E-state index is 12.0. The Labute approximate surface area is 133 Å². The van der Waals surface area contributed by atoms with Crippen molar-refractivity contribution in [3.63, 3.8) is 0 Å². The molecule has 0 heterocycles. The Morgan fingerprint density at radius 3 is 2.23 bits per heavy atom. The largest absolute Gasteiger partial charge is 0.376 e. The van der Waals surface area contributed by atoms with Gasteiger partial charge in [0.1, 0.15) is 0 Å². The molecule has 1 aromatic carbocycles. The average Bonchev–Trinajstić information content (AvgIpc) is 2.46. The molecular weight excluding hydrogens is 278 g/mol. The number of rotatable bonds is 6. The predicted molar refractivity (Wildman–Crippen MR) is 90.9 cm³/mol. The van der Waals surface area contributed by atoms with Crippen molar-refractivity contribution in [3.05, 3.63) is 24.3 Å². The maximum atomic E-state index is 12.0. The number of carbonyl (C=O) groups is 2. The van der Waals surface area contributed by atoms with E-state index in [1.165, 1.54) is 0 Å². The number of benzene rings is 1. The number of amides is 2. The van der Waals surface area contributed by atoms with Crippen molar-refractivity contribution in [1.82, 2.24) is 4.90 Å². The van der Waals surface area contributed by atoms with Crippen LogP contribution in [0.25, 0.3) is 0 Å². The Kier molecular flexibility index (Phi) is 6.40. The lowest BCUT2D eigenvalue weighted by molar-refractivity contribution is -0.129. The van der Waals surface area contributed by atoms with Gasteiger partial charge >= 0.3 is 0 Å². The zero-order valence-electron chi connectivity index (χ0n) is 14.2. The molecule has 0 bridgehead atoms. The molecule has 0 fully saturated rings. The molecule has 0 saturated heterocycles. The molecule has 5 heteroatoms. The molecule has 5 nitrogen and oxygen atoms in total. The normalized spacial score (nSPS) is 11.0. The Morgan fingerprint density at radius 1 is 1.09 bits per heavy atom. The minimum atomic E-state index is -0.442. The van der Waals surface area contributed by atoms with E-state index in [9.17, 15) is 9.59 Å². The zero-order valence-corrected chi connectivity index (χ0v) is 14.2. The van der Waals surface area contributed by atoms with Crippen LogP contribution in [0.1, 0.15) is 34.6 Å². The van der Waals surface area contributed by atoms with Crippen LogP contribution in [0, 0.1) is 5.41 Å². The van der Waals surface area contributed by atoms with Gasteiger partial charge in [-0.25, -0.2) is 0 Å². The highest BCUT2D eigenvalue weighted by atomic mass is 16.2. The second-order valence-corrected chi connectivity index (χ2v) is 6.20. The molecular formula is C17H27N3O2. The Hall–Kier alpha value is -2.04. The zero-order chi connectivity index (χ0) is 16.8. The van der Waals surface area contributed by atoms with Gasteiger partial charge in [-0.2, -0.15) is 0 Å². The molecule has 22 heavy (non-hydrogen) atoms. The van der Waals surface area contributed by atoms with Crippen LogP contribution < -0.4 is 10.6 Å². The summed E-state index contributed by atoms with van der Waals surface area (Å²) < 4.78 is 0. The topological polar surface area (TPSA) is 61.4 Å². The number of carbonyl (C=O) groups excluding carboxylic acids is 2. The lowest BCUT2D eigenvalue weighted by atomic mass is 9.95. The van der Waals surface area contributed by atoms with E-state index in [1.807, 2.05) is 58.9 Å². The van der Waals surface area contributed by atoms with E-state index in [0.29, 0.717) is 13.1 Å². The average molecular weight is 305 g/mol. The van der Waals surface area contributed by atoms with Crippen molar-refractivity contribution >= 4 is 23.2 Å². The summed E-state index contributed by atoms with van der Waals surface area (Å²) in [5, 5.41) is 5.98. The number of hydrogen-bond acceptors (Lipinski definition) is 3. The fourth-order valence-electron chi connectivity index (χ4n) is 1.89. The van der Waals surface area contributed by atoms with Crippen molar-refractivity contribution in [2.75, 3.05) is 30.3 Å². The minimum Gasteiger partial charge on any atom is -0.376 e. The molecule has 0 aliphatic heterocycles. The van der Waals surface area contributed by atoms with Crippen molar-refractivity contribution in [2.45, 2.75) is 34.6 Å². The van der Waals surface area contributed by atoms with Crippen LogP contribution in [0.3, 0.4) is 0 Å². The Balaban J connectivity index is 2.65. The third-order valence-electron chi connectivity index (χ3n) is 3.36. The van der Waals surface area contributed by atoms with Crippen LogP contribution in [0.5, 0.6) is 0 Å². The molecule has 0 aromatic heterocycles. The van der Waals surface area contributed by atoms with Crippen LogP contribution in [-0.2, 0) is 9.59 Å². The van der Waals surface area contributed by atoms with E-state index in [1.54, 1.807) is 4.90 Å². The summed E-state index contributed by atoms with van der Waals surface area (Å²) in [5.74, 6) is 0.0259. The van der Waals surface area contributed by atoms with E-state index in [0.717, 1.165) is 11.4 Å². The number of likely N-dealkylation sites (N-methyl/N-ethyl adjacent to an activating group) is 1. The van der Waals surface area contributed by atoms with Gasteiger partial charge in [0.05, 0.1) is 6.54 Å². The number of nitrogens with zero attached hydrogens (tertiary/aromatic N) is 1. The SMILES string of the molecule is CCN(CC)C(=O)CNc1cccc(NC(=O)C(C)(C)C)c1. The molecule has 0 saturated carbocycles. The lowest BCUT2D eigenvalue weighted by Crippen LogP contribution is -2.35. The molecule has 0 radical (unpaired) electrons. The maximum Gasteiger partial charge on any atom is 0.241 e. The smallest absolute Gasteiger partial charge is 0.241 e. The number of hydrogen-bond donors (Lipinski definition) is 2. The highest BCUT2D eigenvalue weighted by Crippen LogP contribution is 2.19. The van der Waals surface area contributed by atoms with Gasteiger partial charge in [0, 0.05) is 29.9 Å². The van der Waals surface area contributed by atoms with Crippen molar-refractivity contribution < 1.29 is 9.59 Å². The lowest BCUT2D eigenvalue weighted by Gasteiger charge is -2.20. The van der Waals surface area contributed by atoms with Crippen LogP contribution >= 0.6 is 0 Å². The number of nitrogens with one attached hydrogen (secondary N) is 2. The quantitative estimate of drug-likeness (QED) is 0.849. The second kappa shape index (κ2) is 7.82. The molecule has 0 aliphatic carbocycles. The molecule has 122 valence electrons. The molecule has 0 atom stereocenters. The molecule has 2 N–H and O–H groups in total. The highest BCUT2D eigenvalue weighted by molar-refractivity contribution is 5.95. The second-order valence-electron chi connectivity index (χ2n) is 6.20. The summed E-state index contributed by atoms with van der Waals surface area (Å²) in [5.41, 5.74) is 1.09. The van der Waals surface area contributed by atoms with Crippen LogP contribution in [0.2, 0.25) is 0 Å². The van der Waals surface area contributed by atoms with Crippen molar-refractivity contribution in [3.8, 4) is 0 Å². The van der Waals surface area contributed by atoms with E-state index >= 15 is 0 Å². The molecule has 1 rings (SSSR count). The van der Waals surface area contributed by atoms with E-state index in [-0.39, 0.29) is 18.4 Å². The third-order valence-corrected chi connectivity index (χ3v) is 3.36. The van der Waals surface area contributed by atoms with Crippen LogP contribution in [0.15, 0.2) is 24.3 Å². The Morgan fingerprint density at radius 2 is 1.68 bits per heavy atom. The van der Waals surface area contributed by atoms with Gasteiger partial charge in [-0.05, 0) is 32.0 Å². The molecule has 2 amide bonds. The summed E-state index contributed by atoms with van der Waals surface area (Å²) in [6.45, 7) is 11.2. The van der Waals surface area contributed by atoms with E-state index < -0.39 is 5.41 Å². The highest BCUT2D eigenvalue weighted by Gasteiger charge is 2.21. The fourth-order valence-corrected chi connectivity index (χ4v) is 1.89. The molecule has 0 aliphatic rings. The van der Waals surface area contributed by atoms with Crippen LogP contribution in [0.4, 0.5) is 11.4 Å². The first-order chi connectivity index (χ1) is 10.3. The standard InChI is InChI=1S/C17H27N3O2/c1-6-20(7-2)15(21)12-18-13-9-8-10-14(11-13)19-16(22)17(3,4)5/h8-11,18H,6-7,12H2,1-5H3,(H,19,22). The van der Waals surface area contributed by atoms with Crippen LogP contribution in [-0.4, -0.2) is 36.3 Å². The monoisotopic (exact) mass is 305 g/mol. The summed E-state index contributed by atoms with van der Waals surface area (Å²) in [4.78, 5) is 25.7. The Bertz CT molecular complexity index is 517. The van der Waals surface area contributed by atoms with Gasteiger partial charge < -0.3 is 15.5 Å². The molecule has 0 unspecified atom stereocenters. The van der Waals surface area contributed by atoms with E-state index in [4.69, 9.17) is 0 Å². The third kappa shape index (κ3) is 5.39. The van der Waals surface area contributed by atoms with Gasteiger partial charge in [-0.1, -0.05) is 26.8 Å². The molecule has 0 spiro atoms. The fraction of sp³-hybridized carbons (Fsp3) is 0.529. The van der Waals surface area contributed by atoms with E-state index in [2.05, 4.69) is 10.6 Å².